The van der Waals surface area contributed by atoms with Gasteiger partial charge >= 0.3 is 0 Å². The Labute approximate surface area is 83.2 Å². The van der Waals surface area contributed by atoms with Crippen LogP contribution in [0.2, 0.25) is 0 Å². The summed E-state index contributed by atoms with van der Waals surface area (Å²) in [6.07, 6.45) is 1.75. The summed E-state index contributed by atoms with van der Waals surface area (Å²) >= 11 is 0. The van der Waals surface area contributed by atoms with Gasteiger partial charge in [0.2, 0.25) is 0 Å². The van der Waals surface area contributed by atoms with Crippen LogP contribution in [0.5, 0.6) is 0 Å². The number of rotatable bonds is 3. The first-order valence-electron chi connectivity index (χ1n) is 4.64. The Balaban J connectivity index is 3.03. The van der Waals surface area contributed by atoms with Crippen molar-refractivity contribution in [1.29, 1.82) is 5.26 Å². The smallest absolute Gasteiger partial charge is 0.124 e. The third-order valence-electron chi connectivity index (χ3n) is 2.13. The molecule has 0 saturated heterocycles. The molecule has 0 aliphatic heterocycles. The first-order valence-corrected chi connectivity index (χ1v) is 4.64. The highest BCUT2D eigenvalue weighted by Gasteiger charge is 2.10. The van der Waals surface area contributed by atoms with Gasteiger partial charge in [-0.05, 0) is 24.1 Å². The van der Waals surface area contributed by atoms with E-state index in [9.17, 15) is 4.39 Å². The van der Waals surface area contributed by atoms with Gasteiger partial charge in [-0.2, -0.15) is 5.26 Å². The molecule has 14 heavy (non-hydrogen) atoms. The Hall–Kier alpha value is -1.40. The molecule has 0 amide bonds. The maximum absolute atomic E-state index is 12.8. The molecule has 1 aromatic carbocycles. The first kappa shape index (κ1) is 10.7. The van der Waals surface area contributed by atoms with Gasteiger partial charge in [-0.1, -0.05) is 19.4 Å². The van der Waals surface area contributed by atoms with E-state index in [0.717, 1.165) is 18.4 Å². The largest absolute Gasteiger partial charge is 0.324 e. The van der Waals surface area contributed by atoms with Crippen LogP contribution in [0.1, 0.15) is 36.9 Å². The molecule has 0 spiro atoms. The molecule has 74 valence electrons. The van der Waals surface area contributed by atoms with Crippen molar-refractivity contribution in [1.82, 2.24) is 0 Å². The van der Waals surface area contributed by atoms with E-state index >= 15 is 0 Å². The second-order valence-corrected chi connectivity index (χ2v) is 3.24. The molecular weight excluding hydrogens is 179 g/mol. The number of hydrogen-bond acceptors (Lipinski definition) is 2. The number of nitriles is 1. The topological polar surface area (TPSA) is 49.8 Å². The molecule has 2 nitrogen and oxygen atoms in total. The van der Waals surface area contributed by atoms with Crippen LogP contribution in [0.4, 0.5) is 4.39 Å². The summed E-state index contributed by atoms with van der Waals surface area (Å²) in [6, 6.07) is 5.94. The lowest BCUT2D eigenvalue weighted by atomic mass is 9.98. The standard InChI is InChI=1S/C11H13FN2/c1-2-3-11(14)10-5-4-9(12)6-8(10)7-13/h4-6,11H,2-3,14H2,1H3/t11-/m0/s1. The fourth-order valence-corrected chi connectivity index (χ4v) is 1.42. The van der Waals surface area contributed by atoms with Crippen LogP contribution in [0.25, 0.3) is 0 Å². The molecule has 1 aromatic rings. The predicted molar refractivity (Wildman–Crippen MR) is 53.0 cm³/mol. The second-order valence-electron chi connectivity index (χ2n) is 3.24. The molecule has 0 aromatic heterocycles. The normalized spacial score (nSPS) is 12.1. The van der Waals surface area contributed by atoms with E-state index in [1.54, 1.807) is 6.07 Å². The molecule has 0 radical (unpaired) electrons. The summed E-state index contributed by atoms with van der Waals surface area (Å²) in [5.74, 6) is -0.394. The molecule has 0 bridgehead atoms. The van der Waals surface area contributed by atoms with E-state index in [0.29, 0.717) is 5.56 Å². The van der Waals surface area contributed by atoms with Gasteiger partial charge in [0, 0.05) is 6.04 Å². The minimum Gasteiger partial charge on any atom is -0.324 e. The minimum absolute atomic E-state index is 0.171. The Morgan fingerprint density at radius 2 is 2.29 bits per heavy atom. The number of nitrogens with zero attached hydrogens (tertiary/aromatic N) is 1. The lowest BCUT2D eigenvalue weighted by Gasteiger charge is -2.11. The molecule has 1 atom stereocenters. The molecule has 0 saturated carbocycles. The fraction of sp³-hybridized carbons (Fsp3) is 0.364. The zero-order valence-corrected chi connectivity index (χ0v) is 8.13. The Bertz CT molecular complexity index is 355. The van der Waals surface area contributed by atoms with E-state index < -0.39 is 5.82 Å². The molecule has 2 N–H and O–H groups in total. The Morgan fingerprint density at radius 3 is 2.86 bits per heavy atom. The third-order valence-corrected chi connectivity index (χ3v) is 2.13. The highest BCUT2D eigenvalue weighted by Crippen LogP contribution is 2.20. The van der Waals surface area contributed by atoms with E-state index in [-0.39, 0.29) is 6.04 Å². The lowest BCUT2D eigenvalue weighted by molar-refractivity contribution is 0.614. The number of halogens is 1. The van der Waals surface area contributed by atoms with Crippen LogP contribution in [0.15, 0.2) is 18.2 Å². The fourth-order valence-electron chi connectivity index (χ4n) is 1.42. The van der Waals surface area contributed by atoms with Crippen LogP contribution in [0, 0.1) is 17.1 Å². The highest BCUT2D eigenvalue weighted by atomic mass is 19.1. The molecule has 1 rings (SSSR count). The van der Waals surface area contributed by atoms with Gasteiger partial charge in [-0.25, -0.2) is 4.39 Å². The van der Waals surface area contributed by atoms with Crippen LogP contribution < -0.4 is 5.73 Å². The van der Waals surface area contributed by atoms with Crippen molar-refractivity contribution in [3.63, 3.8) is 0 Å². The number of nitrogens with two attached hydrogens (primary N) is 1. The quantitative estimate of drug-likeness (QED) is 0.799. The van der Waals surface area contributed by atoms with Crippen molar-refractivity contribution < 1.29 is 4.39 Å². The molecule has 0 unspecified atom stereocenters. The Morgan fingerprint density at radius 1 is 1.57 bits per heavy atom. The summed E-state index contributed by atoms with van der Waals surface area (Å²) in [6.45, 7) is 2.02. The zero-order valence-electron chi connectivity index (χ0n) is 8.13. The molecule has 0 heterocycles. The highest BCUT2D eigenvalue weighted by molar-refractivity contribution is 5.39. The summed E-state index contributed by atoms with van der Waals surface area (Å²) in [5.41, 5.74) is 6.93. The lowest BCUT2D eigenvalue weighted by Crippen LogP contribution is -2.11. The predicted octanol–water partition coefficient (Wildman–Crippen LogP) is 2.50. The molecular formula is C11H13FN2. The molecule has 0 fully saturated rings. The van der Waals surface area contributed by atoms with Crippen molar-refractivity contribution in [2.75, 3.05) is 0 Å². The Kier molecular flexibility index (Phi) is 3.61. The van der Waals surface area contributed by atoms with Gasteiger partial charge in [-0.3, -0.25) is 0 Å². The SMILES string of the molecule is CCC[C@H](N)c1ccc(F)cc1C#N. The zero-order chi connectivity index (χ0) is 10.6. The van der Waals surface area contributed by atoms with E-state index in [2.05, 4.69) is 0 Å². The summed E-state index contributed by atoms with van der Waals surface area (Å²) in [7, 11) is 0. The minimum atomic E-state index is -0.394. The van der Waals surface area contributed by atoms with Crippen molar-refractivity contribution in [2.45, 2.75) is 25.8 Å². The van der Waals surface area contributed by atoms with Crippen molar-refractivity contribution in [2.24, 2.45) is 5.73 Å². The number of hydrogen-bond donors (Lipinski definition) is 1. The third kappa shape index (κ3) is 2.30. The van der Waals surface area contributed by atoms with Gasteiger partial charge in [-0.15, -0.1) is 0 Å². The summed E-state index contributed by atoms with van der Waals surface area (Å²) in [4.78, 5) is 0. The van der Waals surface area contributed by atoms with Crippen molar-refractivity contribution in [3.8, 4) is 6.07 Å². The van der Waals surface area contributed by atoms with Gasteiger partial charge in [0.25, 0.3) is 0 Å². The first-order chi connectivity index (χ1) is 6.69. The van der Waals surface area contributed by atoms with Crippen LogP contribution in [-0.4, -0.2) is 0 Å². The van der Waals surface area contributed by atoms with Crippen LogP contribution in [-0.2, 0) is 0 Å². The van der Waals surface area contributed by atoms with Crippen molar-refractivity contribution >= 4 is 0 Å². The molecule has 3 heteroatoms. The van der Waals surface area contributed by atoms with Gasteiger partial charge in [0.15, 0.2) is 0 Å². The van der Waals surface area contributed by atoms with E-state index in [1.165, 1.54) is 12.1 Å². The van der Waals surface area contributed by atoms with Crippen LogP contribution >= 0.6 is 0 Å². The van der Waals surface area contributed by atoms with Crippen LogP contribution in [0.3, 0.4) is 0 Å². The maximum Gasteiger partial charge on any atom is 0.124 e. The average molecular weight is 192 g/mol. The average Bonchev–Trinajstić information content (AvgIpc) is 2.17. The molecule has 0 aliphatic carbocycles. The summed E-state index contributed by atoms with van der Waals surface area (Å²) < 4.78 is 12.8. The van der Waals surface area contributed by atoms with Gasteiger partial charge in [0.05, 0.1) is 11.6 Å². The summed E-state index contributed by atoms with van der Waals surface area (Å²) in [5, 5.41) is 8.79. The monoisotopic (exact) mass is 192 g/mol. The van der Waals surface area contributed by atoms with Gasteiger partial charge in [0.1, 0.15) is 5.82 Å². The van der Waals surface area contributed by atoms with E-state index in [1.807, 2.05) is 13.0 Å². The maximum atomic E-state index is 12.8. The van der Waals surface area contributed by atoms with Crippen molar-refractivity contribution in [3.05, 3.63) is 35.1 Å². The second kappa shape index (κ2) is 4.73. The molecule has 0 aliphatic rings. The van der Waals surface area contributed by atoms with Gasteiger partial charge < -0.3 is 5.73 Å². The number of benzene rings is 1. The van der Waals surface area contributed by atoms with E-state index in [4.69, 9.17) is 11.0 Å².